The molecule has 1 radical (unpaired) electrons. The summed E-state index contributed by atoms with van der Waals surface area (Å²) in [5.41, 5.74) is 1.91. The molecule has 0 saturated carbocycles. The molecule has 0 atom stereocenters. The first-order valence-electron chi connectivity index (χ1n) is 25.8. The van der Waals surface area contributed by atoms with E-state index in [2.05, 4.69) is 50.5 Å². The number of likely N-dealkylation sites (N-methyl/N-ethyl adjacent to an activating group) is 2. The number of aryl methyl sites for hydroxylation is 1. The van der Waals surface area contributed by atoms with Crippen molar-refractivity contribution in [3.8, 4) is 0 Å². The Hall–Kier alpha value is -2.40. The van der Waals surface area contributed by atoms with Gasteiger partial charge in [-0.15, -0.1) is 0 Å². The summed E-state index contributed by atoms with van der Waals surface area (Å²) >= 11 is 0. The van der Waals surface area contributed by atoms with Gasteiger partial charge in [0.05, 0.1) is 40.5 Å². The predicted molar refractivity (Wildman–Crippen MR) is 263 cm³/mol. The Morgan fingerprint density at radius 3 is 1.40 bits per heavy atom. The SMILES string of the molecule is CCCCCCCCCCCCCCCC[N+](C)CCOCCOC(=O)Nc1cc(NC(=O)OCCOCC[N+](C)(C)CCCCCCCCCCCCCCCC)ccc1C. The third kappa shape index (κ3) is 37.0. The number of anilines is 2. The van der Waals surface area contributed by atoms with Crippen molar-refractivity contribution in [1.82, 2.24) is 4.90 Å². The fraction of sp³-hybridized carbons (Fsp3) is 0.846. The van der Waals surface area contributed by atoms with E-state index in [1.54, 1.807) is 12.1 Å². The van der Waals surface area contributed by atoms with Crippen LogP contribution in [0.1, 0.15) is 199 Å². The van der Waals surface area contributed by atoms with Gasteiger partial charge in [-0.3, -0.25) is 10.6 Å². The molecule has 0 fully saturated rings. The minimum Gasteiger partial charge on any atom is -0.447 e. The van der Waals surface area contributed by atoms with Gasteiger partial charge in [-0.2, -0.15) is 4.90 Å². The molecule has 0 spiro atoms. The van der Waals surface area contributed by atoms with Gasteiger partial charge in [-0.25, -0.2) is 9.59 Å². The summed E-state index contributed by atoms with van der Waals surface area (Å²) in [7, 11) is 6.66. The number of rotatable bonds is 44. The van der Waals surface area contributed by atoms with Crippen molar-refractivity contribution in [2.24, 2.45) is 0 Å². The van der Waals surface area contributed by atoms with E-state index in [4.69, 9.17) is 18.9 Å². The van der Waals surface area contributed by atoms with Crippen LogP contribution in [0.25, 0.3) is 0 Å². The van der Waals surface area contributed by atoms with E-state index < -0.39 is 12.2 Å². The molecule has 10 heteroatoms. The number of carbonyl (C=O) groups is 2. The van der Waals surface area contributed by atoms with Gasteiger partial charge in [0.25, 0.3) is 0 Å². The average molecular weight is 876 g/mol. The molecular weight excluding hydrogens is 777 g/mol. The zero-order chi connectivity index (χ0) is 45.2. The van der Waals surface area contributed by atoms with E-state index in [0.29, 0.717) is 37.8 Å². The lowest BCUT2D eigenvalue weighted by atomic mass is 10.0. The minimum absolute atomic E-state index is 0.163. The molecule has 2 amide bonds. The summed E-state index contributed by atoms with van der Waals surface area (Å²) in [6.07, 6.45) is 37.4. The number of amides is 2. The van der Waals surface area contributed by atoms with Gasteiger partial charge in [-0.05, 0) is 43.9 Å². The number of hydrogen-bond donors (Lipinski definition) is 2. The fourth-order valence-electron chi connectivity index (χ4n) is 7.79. The van der Waals surface area contributed by atoms with Gasteiger partial charge in [0.2, 0.25) is 0 Å². The van der Waals surface area contributed by atoms with Crippen LogP contribution < -0.4 is 15.5 Å². The van der Waals surface area contributed by atoms with Crippen molar-refractivity contribution in [2.45, 2.75) is 201 Å². The fourth-order valence-corrected chi connectivity index (χ4v) is 7.79. The molecule has 2 N–H and O–H groups in total. The maximum atomic E-state index is 12.5. The van der Waals surface area contributed by atoms with Crippen LogP contribution in [-0.2, 0) is 18.9 Å². The first-order valence-corrected chi connectivity index (χ1v) is 25.8. The number of benzene rings is 1. The molecule has 10 nitrogen and oxygen atoms in total. The summed E-state index contributed by atoms with van der Waals surface area (Å²) in [5, 5.41) is 5.50. The largest absolute Gasteiger partial charge is 0.447 e. The molecule has 0 unspecified atom stereocenters. The number of unbranched alkanes of at least 4 members (excludes halogenated alkanes) is 26. The van der Waals surface area contributed by atoms with Crippen LogP contribution in [-0.4, -0.2) is 104 Å². The summed E-state index contributed by atoms with van der Waals surface area (Å²) in [6, 6.07) is 5.29. The van der Waals surface area contributed by atoms with Crippen molar-refractivity contribution in [2.75, 3.05) is 97.6 Å². The molecule has 361 valence electrons. The molecule has 0 aliphatic heterocycles. The monoisotopic (exact) mass is 876 g/mol. The number of nitrogens with zero attached hydrogens (tertiary/aromatic N) is 2. The number of hydrogen-bond acceptors (Lipinski definition) is 7. The van der Waals surface area contributed by atoms with Gasteiger partial charge in [-0.1, -0.05) is 174 Å². The second-order valence-corrected chi connectivity index (χ2v) is 18.7. The van der Waals surface area contributed by atoms with Crippen LogP contribution in [0.4, 0.5) is 21.0 Å². The second-order valence-electron chi connectivity index (χ2n) is 18.7. The highest BCUT2D eigenvalue weighted by molar-refractivity contribution is 5.89. The summed E-state index contributed by atoms with van der Waals surface area (Å²) in [6.45, 7) is 12.7. The highest BCUT2D eigenvalue weighted by atomic mass is 16.6. The Balaban J connectivity index is 2.04. The highest BCUT2D eigenvalue weighted by Crippen LogP contribution is 2.21. The van der Waals surface area contributed by atoms with Crippen molar-refractivity contribution >= 4 is 23.6 Å². The van der Waals surface area contributed by atoms with Gasteiger partial charge in [0.1, 0.15) is 46.5 Å². The number of ether oxygens (including phenoxy) is 4. The van der Waals surface area contributed by atoms with Crippen molar-refractivity contribution < 1.29 is 33.0 Å². The minimum atomic E-state index is -0.567. The predicted octanol–water partition coefficient (Wildman–Crippen LogP) is 13.9. The molecule has 1 aromatic carbocycles. The lowest BCUT2D eigenvalue weighted by Crippen LogP contribution is -2.43. The molecule has 0 aromatic heterocycles. The normalized spacial score (nSPS) is 11.7. The van der Waals surface area contributed by atoms with Crippen LogP contribution >= 0.6 is 0 Å². The lowest BCUT2D eigenvalue weighted by Gasteiger charge is -2.29. The Labute approximate surface area is 382 Å². The molecule has 1 rings (SSSR count). The smallest absolute Gasteiger partial charge is 0.411 e. The summed E-state index contributed by atoms with van der Waals surface area (Å²) in [4.78, 5) is 27.2. The Morgan fingerprint density at radius 2 is 0.919 bits per heavy atom. The van der Waals surface area contributed by atoms with Crippen LogP contribution in [0.2, 0.25) is 0 Å². The third-order valence-electron chi connectivity index (χ3n) is 12.1. The van der Waals surface area contributed by atoms with E-state index in [1.165, 1.54) is 180 Å². The Bertz CT molecular complexity index is 1180. The zero-order valence-electron chi connectivity index (χ0n) is 41.4. The van der Waals surface area contributed by atoms with E-state index in [9.17, 15) is 9.59 Å². The van der Waals surface area contributed by atoms with Crippen molar-refractivity contribution in [3.05, 3.63) is 23.8 Å². The molecule has 0 aliphatic carbocycles. The van der Waals surface area contributed by atoms with Crippen molar-refractivity contribution in [3.63, 3.8) is 0 Å². The average Bonchev–Trinajstić information content (AvgIpc) is 3.24. The molecule has 0 saturated heterocycles. The van der Waals surface area contributed by atoms with Crippen molar-refractivity contribution in [1.29, 1.82) is 0 Å². The van der Waals surface area contributed by atoms with E-state index in [1.807, 2.05) is 13.0 Å². The van der Waals surface area contributed by atoms with E-state index >= 15 is 0 Å². The topological polar surface area (TPSA) is 101 Å². The molecule has 62 heavy (non-hydrogen) atoms. The van der Waals surface area contributed by atoms with Gasteiger partial charge >= 0.3 is 12.2 Å². The molecule has 1 aromatic rings. The maximum Gasteiger partial charge on any atom is 0.411 e. The lowest BCUT2D eigenvalue weighted by molar-refractivity contribution is -0.891. The zero-order valence-corrected chi connectivity index (χ0v) is 41.4. The first-order chi connectivity index (χ1) is 30.2. The van der Waals surface area contributed by atoms with Crippen LogP contribution in [0.15, 0.2) is 18.2 Å². The van der Waals surface area contributed by atoms with Crippen LogP contribution in [0.3, 0.4) is 0 Å². The number of quaternary nitrogens is 1. The highest BCUT2D eigenvalue weighted by Gasteiger charge is 2.15. The van der Waals surface area contributed by atoms with Crippen LogP contribution in [0.5, 0.6) is 0 Å². The number of carbonyl (C=O) groups excluding carboxylic acids is 2. The second kappa shape index (κ2) is 41.3. The standard InChI is InChI=1S/C52H98N4O6/c1-7-9-11-13-15-17-19-21-23-25-27-29-31-33-37-55(4)38-41-59-43-45-62-52(58)54-50-47-49(36-35-48(50)3)53-51(57)61-46-44-60-42-40-56(5,6)39-34-32-30-28-26-24-22-20-18-16-14-12-10-8-2/h35-36,47H,7-34,37-46H2,1-6H3,(H-,53,54,57,58)/q+1/p+1. The van der Waals surface area contributed by atoms with Crippen LogP contribution in [0, 0.1) is 6.92 Å². The molecule has 0 bridgehead atoms. The summed E-state index contributed by atoms with van der Waals surface area (Å²) in [5.74, 6) is 0. The first kappa shape index (κ1) is 57.6. The van der Waals surface area contributed by atoms with Gasteiger partial charge < -0.3 is 23.4 Å². The third-order valence-corrected chi connectivity index (χ3v) is 12.1. The maximum absolute atomic E-state index is 12.5. The molecule has 0 aliphatic rings. The van der Waals surface area contributed by atoms with E-state index in [-0.39, 0.29) is 13.2 Å². The molecular formula is C52H99N4O6+2. The number of nitrogens with one attached hydrogen (secondary N) is 2. The van der Waals surface area contributed by atoms with Gasteiger partial charge in [0.15, 0.2) is 0 Å². The quantitative estimate of drug-likeness (QED) is 0.0385. The van der Waals surface area contributed by atoms with E-state index in [0.717, 1.165) is 36.2 Å². The molecule has 0 heterocycles. The Morgan fingerprint density at radius 1 is 0.500 bits per heavy atom. The Kier molecular flexibility index (Phi) is 38.4. The van der Waals surface area contributed by atoms with Gasteiger partial charge in [0, 0.05) is 17.8 Å². The summed E-state index contributed by atoms with van der Waals surface area (Å²) < 4.78 is 23.1.